The highest BCUT2D eigenvalue weighted by atomic mass is 16.5. The van der Waals surface area contributed by atoms with Crippen LogP contribution in [0.25, 0.3) is 0 Å². The number of rotatable bonds is 8. The fourth-order valence-electron chi connectivity index (χ4n) is 1.46. The van der Waals surface area contributed by atoms with E-state index >= 15 is 0 Å². The molecular weight excluding hydrogens is 230 g/mol. The van der Waals surface area contributed by atoms with Gasteiger partial charge < -0.3 is 14.6 Å². The molecule has 1 N–H and O–H groups in total. The Labute approximate surface area is 108 Å². The lowest BCUT2D eigenvalue weighted by Gasteiger charge is -2.11. The number of nitrogens with one attached hydrogen (secondary N) is 1. The summed E-state index contributed by atoms with van der Waals surface area (Å²) in [6.07, 6.45) is 5.97. The van der Waals surface area contributed by atoms with Gasteiger partial charge in [0, 0.05) is 25.0 Å². The van der Waals surface area contributed by atoms with Gasteiger partial charge in [-0.15, -0.1) is 6.58 Å². The van der Waals surface area contributed by atoms with Gasteiger partial charge in [0.1, 0.15) is 0 Å². The van der Waals surface area contributed by atoms with E-state index in [1.165, 1.54) is 0 Å². The van der Waals surface area contributed by atoms with Gasteiger partial charge in [0.25, 0.3) is 5.56 Å². The fourth-order valence-corrected chi connectivity index (χ4v) is 1.46. The lowest BCUT2D eigenvalue weighted by atomic mass is 10.4. The Balaban J connectivity index is 2.45. The van der Waals surface area contributed by atoms with Crippen molar-refractivity contribution in [2.24, 2.45) is 0 Å². The maximum Gasteiger partial charge on any atom is 0.293 e. The molecule has 1 aromatic heterocycles. The molecule has 1 heterocycles. The minimum atomic E-state index is -0.0985. The zero-order valence-corrected chi connectivity index (χ0v) is 11.1. The highest BCUT2D eigenvalue weighted by Crippen LogP contribution is 2.00. The minimum absolute atomic E-state index is 0.0985. The number of nitrogens with zero attached hydrogens (tertiary/aromatic N) is 2. The Bertz CT molecular complexity index is 426. The van der Waals surface area contributed by atoms with Crippen molar-refractivity contribution >= 4 is 5.82 Å². The molecule has 0 bridgehead atoms. The lowest BCUT2D eigenvalue weighted by molar-refractivity contribution is 0.149. The first kappa shape index (κ1) is 14.4. The summed E-state index contributed by atoms with van der Waals surface area (Å²) in [7, 11) is 0. The standard InChI is InChI=1S/C13H21N3O2/c1-4-5-9-18-10-7-15-12-13(17)16(11(2)3)8-6-14-12/h4,6,8,11H,1,5,7,9-10H2,2-3H3,(H,14,15). The lowest BCUT2D eigenvalue weighted by Crippen LogP contribution is -2.26. The Kier molecular flexibility index (Phi) is 6.14. The van der Waals surface area contributed by atoms with Gasteiger partial charge in [0.2, 0.25) is 0 Å². The summed E-state index contributed by atoms with van der Waals surface area (Å²) in [5.41, 5.74) is -0.0985. The molecule has 18 heavy (non-hydrogen) atoms. The fraction of sp³-hybridized carbons (Fsp3) is 0.538. The molecule has 0 aliphatic rings. The number of ether oxygens (including phenoxy) is 1. The van der Waals surface area contributed by atoms with Crippen molar-refractivity contribution < 1.29 is 4.74 Å². The van der Waals surface area contributed by atoms with E-state index in [2.05, 4.69) is 16.9 Å². The van der Waals surface area contributed by atoms with Crippen LogP contribution in [0.5, 0.6) is 0 Å². The van der Waals surface area contributed by atoms with Gasteiger partial charge in [-0.1, -0.05) is 6.08 Å². The molecule has 0 fully saturated rings. The van der Waals surface area contributed by atoms with Gasteiger partial charge in [-0.25, -0.2) is 4.98 Å². The summed E-state index contributed by atoms with van der Waals surface area (Å²) in [5, 5.41) is 2.99. The molecule has 0 amide bonds. The van der Waals surface area contributed by atoms with Crippen LogP contribution in [0.4, 0.5) is 5.82 Å². The average Bonchev–Trinajstić information content (AvgIpc) is 2.35. The number of anilines is 1. The largest absolute Gasteiger partial charge is 0.379 e. The van der Waals surface area contributed by atoms with E-state index in [0.717, 1.165) is 6.42 Å². The third-order valence-electron chi connectivity index (χ3n) is 2.43. The van der Waals surface area contributed by atoms with Gasteiger partial charge >= 0.3 is 0 Å². The Morgan fingerprint density at radius 3 is 3.00 bits per heavy atom. The van der Waals surface area contributed by atoms with Crippen molar-refractivity contribution in [2.75, 3.05) is 25.1 Å². The molecule has 0 aliphatic carbocycles. The van der Waals surface area contributed by atoms with Crippen molar-refractivity contribution in [1.82, 2.24) is 9.55 Å². The normalized spacial score (nSPS) is 10.6. The van der Waals surface area contributed by atoms with Crippen LogP contribution in [0.2, 0.25) is 0 Å². The van der Waals surface area contributed by atoms with E-state index in [9.17, 15) is 4.79 Å². The first-order chi connectivity index (χ1) is 8.66. The van der Waals surface area contributed by atoms with E-state index < -0.39 is 0 Å². The molecule has 100 valence electrons. The van der Waals surface area contributed by atoms with Crippen LogP contribution in [-0.4, -0.2) is 29.3 Å². The molecule has 0 radical (unpaired) electrons. The SMILES string of the molecule is C=CCCOCCNc1nccn(C(C)C)c1=O. The highest BCUT2D eigenvalue weighted by Gasteiger charge is 2.05. The van der Waals surface area contributed by atoms with Crippen molar-refractivity contribution in [3.05, 3.63) is 35.4 Å². The molecule has 0 aliphatic heterocycles. The monoisotopic (exact) mass is 251 g/mol. The molecular formula is C13H21N3O2. The van der Waals surface area contributed by atoms with Crippen LogP contribution >= 0.6 is 0 Å². The van der Waals surface area contributed by atoms with Gasteiger partial charge in [0.15, 0.2) is 5.82 Å². The van der Waals surface area contributed by atoms with Crippen LogP contribution < -0.4 is 10.9 Å². The van der Waals surface area contributed by atoms with Gasteiger partial charge in [-0.3, -0.25) is 4.79 Å². The Morgan fingerprint density at radius 2 is 2.33 bits per heavy atom. The third kappa shape index (κ3) is 4.33. The van der Waals surface area contributed by atoms with Crippen LogP contribution in [0.1, 0.15) is 26.3 Å². The summed E-state index contributed by atoms with van der Waals surface area (Å²) >= 11 is 0. The number of hydrogen-bond donors (Lipinski definition) is 1. The molecule has 5 heteroatoms. The van der Waals surface area contributed by atoms with E-state index in [0.29, 0.717) is 25.6 Å². The quantitative estimate of drug-likeness (QED) is 0.565. The molecule has 0 unspecified atom stereocenters. The molecule has 1 rings (SSSR count). The van der Waals surface area contributed by atoms with Crippen LogP contribution in [0, 0.1) is 0 Å². The van der Waals surface area contributed by atoms with Gasteiger partial charge in [0.05, 0.1) is 13.2 Å². The predicted octanol–water partition coefficient (Wildman–Crippen LogP) is 1.83. The Morgan fingerprint density at radius 1 is 1.56 bits per heavy atom. The third-order valence-corrected chi connectivity index (χ3v) is 2.43. The molecule has 0 saturated heterocycles. The minimum Gasteiger partial charge on any atom is -0.379 e. The Hall–Kier alpha value is -1.62. The maximum atomic E-state index is 12.0. The first-order valence-electron chi connectivity index (χ1n) is 6.16. The van der Waals surface area contributed by atoms with Gasteiger partial charge in [-0.05, 0) is 20.3 Å². The van der Waals surface area contributed by atoms with Crippen molar-refractivity contribution in [1.29, 1.82) is 0 Å². The van der Waals surface area contributed by atoms with E-state index in [-0.39, 0.29) is 11.6 Å². The van der Waals surface area contributed by atoms with Crippen molar-refractivity contribution in [2.45, 2.75) is 26.3 Å². The summed E-state index contributed by atoms with van der Waals surface area (Å²) in [6, 6.07) is 0.130. The average molecular weight is 251 g/mol. The zero-order chi connectivity index (χ0) is 13.4. The maximum absolute atomic E-state index is 12.0. The smallest absolute Gasteiger partial charge is 0.293 e. The summed E-state index contributed by atoms with van der Waals surface area (Å²) in [4.78, 5) is 16.0. The van der Waals surface area contributed by atoms with E-state index in [4.69, 9.17) is 4.74 Å². The van der Waals surface area contributed by atoms with Crippen molar-refractivity contribution in [3.63, 3.8) is 0 Å². The van der Waals surface area contributed by atoms with E-state index in [1.54, 1.807) is 17.0 Å². The second kappa shape index (κ2) is 7.66. The summed E-state index contributed by atoms with van der Waals surface area (Å²) < 4.78 is 6.99. The van der Waals surface area contributed by atoms with E-state index in [1.807, 2.05) is 19.9 Å². The second-order valence-electron chi connectivity index (χ2n) is 4.20. The summed E-state index contributed by atoms with van der Waals surface area (Å²) in [6.45, 7) is 9.31. The summed E-state index contributed by atoms with van der Waals surface area (Å²) in [5.74, 6) is 0.374. The van der Waals surface area contributed by atoms with Crippen LogP contribution in [0.15, 0.2) is 29.8 Å². The topological polar surface area (TPSA) is 56.1 Å². The first-order valence-corrected chi connectivity index (χ1v) is 6.16. The number of hydrogen-bond acceptors (Lipinski definition) is 4. The zero-order valence-electron chi connectivity index (χ0n) is 11.1. The second-order valence-corrected chi connectivity index (χ2v) is 4.20. The molecule has 0 spiro atoms. The predicted molar refractivity (Wildman–Crippen MR) is 73.0 cm³/mol. The van der Waals surface area contributed by atoms with Crippen LogP contribution in [-0.2, 0) is 4.74 Å². The number of aromatic nitrogens is 2. The molecule has 0 aromatic carbocycles. The van der Waals surface area contributed by atoms with Crippen molar-refractivity contribution in [3.8, 4) is 0 Å². The highest BCUT2D eigenvalue weighted by molar-refractivity contribution is 5.30. The van der Waals surface area contributed by atoms with Gasteiger partial charge in [-0.2, -0.15) is 0 Å². The van der Waals surface area contributed by atoms with Crippen LogP contribution in [0.3, 0.4) is 0 Å². The molecule has 5 nitrogen and oxygen atoms in total. The molecule has 0 atom stereocenters. The molecule has 0 saturated carbocycles. The molecule has 1 aromatic rings.